The van der Waals surface area contributed by atoms with E-state index in [1.165, 1.54) is 6.08 Å². The summed E-state index contributed by atoms with van der Waals surface area (Å²) in [6.07, 6.45) is 1.79. The monoisotopic (exact) mass is 339 g/mol. The minimum absolute atomic E-state index is 0. The Balaban J connectivity index is 0.00000312. The number of ether oxygens (including phenoxy) is 2. The zero-order chi connectivity index (χ0) is 17.7. The first-order valence-corrected chi connectivity index (χ1v) is 7.89. The fourth-order valence-electron chi connectivity index (χ4n) is 2.34. The van der Waals surface area contributed by atoms with Gasteiger partial charge in [-0.3, -0.25) is 4.90 Å². The van der Waals surface area contributed by atoms with E-state index < -0.39 is 29.6 Å². The van der Waals surface area contributed by atoms with E-state index in [1.54, 1.807) is 51.1 Å². The Morgan fingerprint density at radius 1 is 1.24 bits per heavy atom. The summed E-state index contributed by atoms with van der Waals surface area (Å²) in [6.45, 7) is 5.14. The van der Waals surface area contributed by atoms with E-state index in [4.69, 9.17) is 9.47 Å². The predicted octanol–water partition coefficient (Wildman–Crippen LogP) is -0.551. The zero-order valence-corrected chi connectivity index (χ0v) is 15.2. The number of benzene rings is 1. The number of carbonyl (C=O) groups is 2. The summed E-state index contributed by atoms with van der Waals surface area (Å²) in [7, 11) is 0. The van der Waals surface area contributed by atoms with Gasteiger partial charge in [-0.15, -0.1) is 0 Å². The van der Waals surface area contributed by atoms with Gasteiger partial charge in [0, 0.05) is 0 Å². The van der Waals surface area contributed by atoms with Crippen LogP contribution in [0.15, 0.2) is 42.3 Å². The molecule has 0 unspecified atom stereocenters. The van der Waals surface area contributed by atoms with Crippen molar-refractivity contribution in [3.05, 3.63) is 47.9 Å². The maximum Gasteiger partial charge on any atom is 1.00 e. The summed E-state index contributed by atoms with van der Waals surface area (Å²) in [5.74, 6) is -0.905. The first kappa shape index (κ1) is 21.1. The van der Waals surface area contributed by atoms with Crippen molar-refractivity contribution < 1.29 is 43.0 Å². The normalized spacial score (nSPS) is 17.2. The average Bonchev–Trinajstić information content (AvgIpc) is 2.51. The number of rotatable bonds is 3. The van der Waals surface area contributed by atoms with E-state index in [2.05, 4.69) is 0 Å². The molecule has 1 atom stereocenters. The molecule has 0 aliphatic carbocycles. The van der Waals surface area contributed by atoms with Crippen molar-refractivity contribution in [2.45, 2.75) is 45.3 Å². The van der Waals surface area contributed by atoms with Crippen LogP contribution in [0, 0.1) is 0 Å². The summed E-state index contributed by atoms with van der Waals surface area (Å²) in [5, 5.41) is 12.1. The summed E-state index contributed by atoms with van der Waals surface area (Å²) in [6, 6.07) is 8.05. The molecule has 1 aromatic rings. The predicted molar refractivity (Wildman–Crippen MR) is 85.9 cm³/mol. The van der Waals surface area contributed by atoms with Crippen molar-refractivity contribution in [1.82, 2.24) is 4.90 Å². The molecule has 0 fully saturated rings. The molecule has 0 N–H and O–H groups in total. The van der Waals surface area contributed by atoms with Crippen molar-refractivity contribution in [3.8, 4) is 0 Å². The van der Waals surface area contributed by atoms with Crippen LogP contribution in [0.2, 0.25) is 0 Å². The minimum Gasteiger partial charge on any atom is -0.860 e. The Morgan fingerprint density at radius 3 is 2.48 bits per heavy atom. The summed E-state index contributed by atoms with van der Waals surface area (Å²) >= 11 is 0. The molecular weight excluding hydrogens is 317 g/mol. The number of allylic oxidation sites excluding steroid dienone is 1. The van der Waals surface area contributed by atoms with Crippen LogP contribution < -0.4 is 24.0 Å². The second kappa shape index (κ2) is 8.98. The van der Waals surface area contributed by atoms with Gasteiger partial charge in [-0.05, 0) is 51.6 Å². The number of nitrogens with zero attached hydrogens (tertiary/aromatic N) is 1. The smallest absolute Gasteiger partial charge is 0.860 e. The van der Waals surface area contributed by atoms with Crippen molar-refractivity contribution in [1.29, 1.82) is 0 Å². The van der Waals surface area contributed by atoms with Gasteiger partial charge in [0.15, 0.2) is 0 Å². The zero-order valence-electron chi connectivity index (χ0n) is 15.2. The fraction of sp³-hybridized carbons (Fsp3) is 0.444. The van der Waals surface area contributed by atoms with Gasteiger partial charge in [-0.2, -0.15) is 0 Å². The van der Waals surface area contributed by atoms with E-state index in [0.717, 1.165) is 4.90 Å². The number of amides is 1. The molecule has 0 saturated heterocycles. The maximum absolute atomic E-state index is 12.3. The Bertz CT molecular complexity index is 624. The van der Waals surface area contributed by atoms with E-state index in [-0.39, 0.29) is 25.5 Å². The molecule has 0 spiro atoms. The molecule has 0 radical (unpaired) electrons. The van der Waals surface area contributed by atoms with Crippen LogP contribution in [0.25, 0.3) is 0 Å². The molecule has 130 valence electrons. The quantitative estimate of drug-likeness (QED) is 0.545. The van der Waals surface area contributed by atoms with Gasteiger partial charge in [0.25, 0.3) is 0 Å². The van der Waals surface area contributed by atoms with Gasteiger partial charge in [0.05, 0.1) is 11.6 Å². The van der Waals surface area contributed by atoms with Crippen LogP contribution in [0.5, 0.6) is 0 Å². The molecule has 6 nitrogen and oxygen atoms in total. The molecule has 0 aromatic heterocycles. The minimum atomic E-state index is -0.718. The maximum atomic E-state index is 12.3. The Labute approximate surface area is 160 Å². The molecule has 2 rings (SSSR count). The third-order valence-electron chi connectivity index (χ3n) is 3.43. The van der Waals surface area contributed by atoms with Crippen molar-refractivity contribution in [3.63, 3.8) is 0 Å². The second-order valence-electron chi connectivity index (χ2n) is 6.59. The standard InChI is InChI=1S/C18H23NO5.Li/c1-18(2,3)24-17(22)19-14(10-7-11-15(19)20)12-23-16(21)13-8-5-4-6-9-13;/h4-6,8-9,11,14,20H,7,10,12H2,1-3H3;/q;+1/p-1/t14-;/m0./s1. The first-order chi connectivity index (χ1) is 11.3. The molecule has 1 heterocycles. The topological polar surface area (TPSA) is 78.9 Å². The molecule has 0 saturated carbocycles. The Kier molecular flexibility index (Phi) is 7.59. The first-order valence-electron chi connectivity index (χ1n) is 7.89. The second-order valence-corrected chi connectivity index (χ2v) is 6.59. The van der Waals surface area contributed by atoms with Gasteiger partial charge in [0.2, 0.25) is 0 Å². The van der Waals surface area contributed by atoms with Crippen LogP contribution >= 0.6 is 0 Å². The SMILES string of the molecule is CC(C)(C)OC(=O)N1C([O-])=CCC[C@H]1COC(=O)c1ccccc1.[Li+]. The largest absolute Gasteiger partial charge is 1.00 e. The van der Waals surface area contributed by atoms with Gasteiger partial charge >= 0.3 is 30.9 Å². The molecule has 7 heteroatoms. The van der Waals surface area contributed by atoms with Crippen LogP contribution in [-0.4, -0.2) is 35.2 Å². The summed E-state index contributed by atoms with van der Waals surface area (Å²) in [4.78, 5) is 25.3. The fourth-order valence-corrected chi connectivity index (χ4v) is 2.34. The Morgan fingerprint density at radius 2 is 1.88 bits per heavy atom. The van der Waals surface area contributed by atoms with Crippen LogP contribution in [-0.2, 0) is 9.47 Å². The number of hydrogen-bond acceptors (Lipinski definition) is 5. The summed E-state index contributed by atoms with van der Waals surface area (Å²) < 4.78 is 10.5. The molecular formula is C18H22LiNO5. The van der Waals surface area contributed by atoms with Crippen molar-refractivity contribution in [2.75, 3.05) is 6.61 Å². The van der Waals surface area contributed by atoms with E-state index >= 15 is 0 Å². The van der Waals surface area contributed by atoms with Gasteiger partial charge < -0.3 is 14.6 Å². The van der Waals surface area contributed by atoms with E-state index in [0.29, 0.717) is 18.4 Å². The molecule has 1 aromatic carbocycles. The number of esters is 1. The molecule has 1 aliphatic heterocycles. The third-order valence-corrected chi connectivity index (χ3v) is 3.43. The van der Waals surface area contributed by atoms with Crippen molar-refractivity contribution >= 4 is 12.1 Å². The molecule has 0 bridgehead atoms. The molecule has 25 heavy (non-hydrogen) atoms. The van der Waals surface area contributed by atoms with Gasteiger partial charge in [-0.25, -0.2) is 9.59 Å². The van der Waals surface area contributed by atoms with E-state index in [9.17, 15) is 14.7 Å². The van der Waals surface area contributed by atoms with Crippen LogP contribution in [0.1, 0.15) is 44.0 Å². The number of carbonyl (C=O) groups excluding carboxylic acids is 2. The number of hydrogen-bond donors (Lipinski definition) is 0. The van der Waals surface area contributed by atoms with Crippen molar-refractivity contribution in [2.24, 2.45) is 0 Å². The Hall–Kier alpha value is -1.90. The van der Waals surface area contributed by atoms with Gasteiger partial charge in [-0.1, -0.05) is 24.3 Å². The van der Waals surface area contributed by atoms with Gasteiger partial charge in [0.1, 0.15) is 12.2 Å². The van der Waals surface area contributed by atoms with Crippen LogP contribution in [0.4, 0.5) is 4.79 Å². The molecule has 1 amide bonds. The van der Waals surface area contributed by atoms with E-state index in [1.807, 2.05) is 0 Å². The molecule has 1 aliphatic rings. The average molecular weight is 339 g/mol. The summed E-state index contributed by atoms with van der Waals surface area (Å²) in [5.41, 5.74) is -0.282. The third kappa shape index (κ3) is 6.15. The van der Waals surface area contributed by atoms with Crippen LogP contribution in [0.3, 0.4) is 0 Å².